The van der Waals surface area contributed by atoms with Crippen molar-refractivity contribution in [3.63, 3.8) is 0 Å². The van der Waals surface area contributed by atoms with Crippen LogP contribution in [0.3, 0.4) is 0 Å². The van der Waals surface area contributed by atoms with Gasteiger partial charge in [0.15, 0.2) is 0 Å². The predicted octanol–water partition coefficient (Wildman–Crippen LogP) is 3.48. The molecule has 0 amide bonds. The molecule has 6 heteroatoms. The van der Waals surface area contributed by atoms with Gasteiger partial charge in [-0.3, -0.25) is 0 Å². The summed E-state index contributed by atoms with van der Waals surface area (Å²) in [5.74, 6) is 4.56. The van der Waals surface area contributed by atoms with Gasteiger partial charge in [-0.15, -0.1) is 6.42 Å². The van der Waals surface area contributed by atoms with Crippen molar-refractivity contribution in [2.75, 3.05) is 14.1 Å². The summed E-state index contributed by atoms with van der Waals surface area (Å²) in [5, 5.41) is 11.2. The maximum absolute atomic E-state index is 12.0. The van der Waals surface area contributed by atoms with Gasteiger partial charge in [0, 0.05) is 19.5 Å². The highest BCUT2D eigenvalue weighted by Crippen LogP contribution is 2.65. The number of hydrogen-bond acceptors (Lipinski definition) is 4. The number of rotatable bonds is 4. The van der Waals surface area contributed by atoms with E-state index in [-0.39, 0.29) is 5.41 Å². The standard InChI is InChI=1S/C23H31NO4S/c1-5-22-13-11-19-18-10-8-17(28-29(26,27)24(3)4)15-16(18)7-9-20(19)21(22)12-14-23(22,25)6-2/h2,8,10,15,19-21,25H,5,7,9,11-14H2,1,3-4H3/t19-,20-,21+,22+,23+/m1/s1. The molecule has 2 fully saturated rings. The molecule has 0 saturated heterocycles. The van der Waals surface area contributed by atoms with Gasteiger partial charge in [0.05, 0.1) is 0 Å². The monoisotopic (exact) mass is 417 g/mol. The van der Waals surface area contributed by atoms with E-state index in [1.54, 1.807) is 6.07 Å². The van der Waals surface area contributed by atoms with E-state index in [0.29, 0.717) is 29.9 Å². The van der Waals surface area contributed by atoms with Gasteiger partial charge in [-0.1, -0.05) is 18.9 Å². The average molecular weight is 418 g/mol. The van der Waals surface area contributed by atoms with Gasteiger partial charge in [-0.2, -0.15) is 12.7 Å². The lowest BCUT2D eigenvalue weighted by Crippen LogP contribution is -2.51. The van der Waals surface area contributed by atoms with Crippen LogP contribution < -0.4 is 4.18 Å². The van der Waals surface area contributed by atoms with Crippen LogP contribution in [0.1, 0.15) is 62.5 Å². The lowest BCUT2D eigenvalue weighted by molar-refractivity contribution is -0.0799. The zero-order chi connectivity index (χ0) is 21.0. The van der Waals surface area contributed by atoms with E-state index in [0.717, 1.165) is 42.8 Å². The van der Waals surface area contributed by atoms with E-state index in [1.165, 1.54) is 25.2 Å². The first-order valence-electron chi connectivity index (χ1n) is 10.6. The van der Waals surface area contributed by atoms with Crippen molar-refractivity contribution < 1.29 is 17.7 Å². The number of benzene rings is 1. The Labute approximate surface area is 174 Å². The first-order valence-corrected chi connectivity index (χ1v) is 12.0. The maximum atomic E-state index is 12.0. The molecule has 2 saturated carbocycles. The second kappa shape index (κ2) is 7.01. The Kier molecular flexibility index (Phi) is 5.00. The summed E-state index contributed by atoms with van der Waals surface area (Å²) in [6, 6.07) is 5.71. The molecule has 0 heterocycles. The van der Waals surface area contributed by atoms with Crippen LogP contribution >= 0.6 is 0 Å². The minimum atomic E-state index is -3.75. The van der Waals surface area contributed by atoms with E-state index in [2.05, 4.69) is 12.8 Å². The fraction of sp³-hybridized carbons (Fsp3) is 0.652. The molecule has 0 unspecified atom stereocenters. The molecule has 0 aromatic heterocycles. The summed E-state index contributed by atoms with van der Waals surface area (Å²) >= 11 is 0. The Morgan fingerprint density at radius 2 is 2.03 bits per heavy atom. The first-order chi connectivity index (χ1) is 13.7. The highest BCUT2D eigenvalue weighted by molar-refractivity contribution is 7.84. The largest absolute Gasteiger partial charge is 0.384 e. The summed E-state index contributed by atoms with van der Waals surface area (Å²) in [6.45, 7) is 2.17. The fourth-order valence-corrected chi connectivity index (χ4v) is 7.08. The summed E-state index contributed by atoms with van der Waals surface area (Å²) in [6.07, 6.45) is 12.3. The molecule has 3 aliphatic rings. The third-order valence-electron chi connectivity index (χ3n) is 8.07. The zero-order valence-electron chi connectivity index (χ0n) is 17.5. The molecule has 29 heavy (non-hydrogen) atoms. The molecule has 0 aliphatic heterocycles. The van der Waals surface area contributed by atoms with E-state index >= 15 is 0 Å². The van der Waals surface area contributed by atoms with Crippen LogP contribution in [0.4, 0.5) is 0 Å². The van der Waals surface area contributed by atoms with Gasteiger partial charge in [0.25, 0.3) is 0 Å². The summed E-state index contributed by atoms with van der Waals surface area (Å²) in [4.78, 5) is 0. The minimum absolute atomic E-state index is 0.163. The SMILES string of the molecule is C#C[C@]1(O)CC[C@H]2[C@@H]3CCc4cc(OS(=O)(=O)N(C)C)ccc4[C@H]3CC[C@@]21CC. The normalized spacial score (nSPS) is 36.1. The molecule has 0 spiro atoms. The third-order valence-corrected chi connectivity index (χ3v) is 9.36. The molecule has 0 bridgehead atoms. The van der Waals surface area contributed by atoms with Crippen molar-refractivity contribution in [2.45, 2.75) is 63.4 Å². The van der Waals surface area contributed by atoms with E-state index in [1.807, 2.05) is 12.1 Å². The molecule has 1 N–H and O–H groups in total. The number of aliphatic hydroxyl groups is 1. The van der Waals surface area contributed by atoms with Gasteiger partial charge >= 0.3 is 10.3 Å². The number of aryl methyl sites for hydroxylation is 1. The van der Waals surface area contributed by atoms with Crippen LogP contribution in [0.15, 0.2) is 18.2 Å². The second-order valence-corrected chi connectivity index (χ2v) is 10.9. The van der Waals surface area contributed by atoms with Gasteiger partial charge in [0.2, 0.25) is 0 Å². The molecule has 3 aliphatic carbocycles. The minimum Gasteiger partial charge on any atom is -0.377 e. The Hall–Kier alpha value is -1.55. The smallest absolute Gasteiger partial charge is 0.377 e. The van der Waals surface area contributed by atoms with Crippen molar-refractivity contribution in [3.05, 3.63) is 29.3 Å². The molecule has 5 nitrogen and oxygen atoms in total. The molecule has 4 rings (SSSR count). The molecule has 1 aromatic carbocycles. The average Bonchev–Trinajstić information content (AvgIpc) is 3.01. The third kappa shape index (κ3) is 3.01. The van der Waals surface area contributed by atoms with Crippen LogP contribution in [0.5, 0.6) is 5.75 Å². The number of fused-ring (bicyclic) bond motifs is 5. The highest BCUT2D eigenvalue weighted by atomic mass is 32.2. The topological polar surface area (TPSA) is 66.8 Å². The summed E-state index contributed by atoms with van der Waals surface area (Å²) in [7, 11) is -0.838. The Morgan fingerprint density at radius 1 is 1.28 bits per heavy atom. The van der Waals surface area contributed by atoms with Crippen LogP contribution in [0, 0.1) is 29.6 Å². The van der Waals surface area contributed by atoms with E-state index < -0.39 is 15.9 Å². The van der Waals surface area contributed by atoms with Crippen LogP contribution in [0.25, 0.3) is 0 Å². The number of terminal acetylenes is 1. The van der Waals surface area contributed by atoms with Crippen molar-refractivity contribution in [1.29, 1.82) is 0 Å². The lowest BCUT2D eigenvalue weighted by Gasteiger charge is -2.53. The van der Waals surface area contributed by atoms with E-state index in [4.69, 9.17) is 10.6 Å². The predicted molar refractivity (Wildman–Crippen MR) is 113 cm³/mol. The molecule has 1 aromatic rings. The Balaban J connectivity index is 1.63. The van der Waals surface area contributed by atoms with Gasteiger partial charge in [0.1, 0.15) is 11.4 Å². The Morgan fingerprint density at radius 3 is 2.69 bits per heavy atom. The Bertz CT molecular complexity index is 950. The van der Waals surface area contributed by atoms with Crippen LogP contribution in [0.2, 0.25) is 0 Å². The fourth-order valence-electron chi connectivity index (χ4n) is 6.59. The molecule has 0 radical (unpaired) electrons. The van der Waals surface area contributed by atoms with Crippen LogP contribution in [-0.4, -0.2) is 37.5 Å². The second-order valence-electron chi connectivity index (χ2n) is 9.19. The number of hydrogen-bond donors (Lipinski definition) is 1. The zero-order valence-corrected chi connectivity index (χ0v) is 18.3. The van der Waals surface area contributed by atoms with Crippen LogP contribution in [-0.2, 0) is 16.7 Å². The molecule has 5 atom stereocenters. The molecular formula is C23H31NO4S. The summed E-state index contributed by atoms with van der Waals surface area (Å²) < 4.78 is 30.4. The molecular weight excluding hydrogens is 386 g/mol. The lowest BCUT2D eigenvalue weighted by atomic mass is 9.52. The van der Waals surface area contributed by atoms with Crippen molar-refractivity contribution >= 4 is 10.3 Å². The maximum Gasteiger partial charge on any atom is 0.384 e. The van der Waals surface area contributed by atoms with Gasteiger partial charge in [-0.05, 0) is 86.0 Å². The highest BCUT2D eigenvalue weighted by Gasteiger charge is 2.62. The van der Waals surface area contributed by atoms with Crippen molar-refractivity contribution in [2.24, 2.45) is 17.3 Å². The van der Waals surface area contributed by atoms with Gasteiger partial charge in [-0.25, -0.2) is 0 Å². The first kappa shape index (κ1) is 20.7. The van der Waals surface area contributed by atoms with E-state index in [9.17, 15) is 13.5 Å². The number of nitrogens with zero attached hydrogens (tertiary/aromatic N) is 1. The van der Waals surface area contributed by atoms with Crippen molar-refractivity contribution in [1.82, 2.24) is 4.31 Å². The summed E-state index contributed by atoms with van der Waals surface area (Å²) in [5.41, 5.74) is 1.36. The molecule has 158 valence electrons. The van der Waals surface area contributed by atoms with Crippen molar-refractivity contribution in [3.8, 4) is 18.1 Å². The van der Waals surface area contributed by atoms with Gasteiger partial charge < -0.3 is 9.29 Å². The quantitative estimate of drug-likeness (QED) is 0.762.